The highest BCUT2D eigenvalue weighted by atomic mass is 16.3. The number of phenols is 3. The lowest BCUT2D eigenvalue weighted by molar-refractivity contribution is -0.111. The van der Waals surface area contributed by atoms with Gasteiger partial charge in [-0.25, -0.2) is 0 Å². The van der Waals surface area contributed by atoms with Gasteiger partial charge in [0.15, 0.2) is 11.5 Å². The second kappa shape index (κ2) is 5.79. The topological polar surface area (TPSA) is 89.8 Å². The van der Waals surface area contributed by atoms with Crippen LogP contribution < -0.4 is 5.32 Å². The Balaban J connectivity index is 2.01. The van der Waals surface area contributed by atoms with Crippen LogP contribution in [0.2, 0.25) is 0 Å². The summed E-state index contributed by atoms with van der Waals surface area (Å²) in [7, 11) is 0. The Morgan fingerprint density at radius 1 is 0.950 bits per heavy atom. The molecule has 0 fully saturated rings. The highest BCUT2D eigenvalue weighted by molar-refractivity contribution is 6.01. The first-order valence-electron chi connectivity index (χ1n) is 5.85. The van der Waals surface area contributed by atoms with Gasteiger partial charge in [0.1, 0.15) is 5.75 Å². The van der Waals surface area contributed by atoms with Crippen molar-refractivity contribution >= 4 is 17.7 Å². The van der Waals surface area contributed by atoms with Crippen LogP contribution >= 0.6 is 0 Å². The first-order chi connectivity index (χ1) is 9.54. The van der Waals surface area contributed by atoms with Crippen LogP contribution in [0, 0.1) is 0 Å². The van der Waals surface area contributed by atoms with Gasteiger partial charge in [-0.1, -0.05) is 6.07 Å². The smallest absolute Gasteiger partial charge is 0.248 e. The Morgan fingerprint density at radius 3 is 2.30 bits per heavy atom. The van der Waals surface area contributed by atoms with Crippen molar-refractivity contribution in [3.63, 3.8) is 0 Å². The van der Waals surface area contributed by atoms with Crippen molar-refractivity contribution < 1.29 is 20.1 Å². The summed E-state index contributed by atoms with van der Waals surface area (Å²) >= 11 is 0. The Labute approximate surface area is 115 Å². The molecule has 5 nitrogen and oxygen atoms in total. The maximum Gasteiger partial charge on any atom is 0.248 e. The van der Waals surface area contributed by atoms with Gasteiger partial charge in [-0.2, -0.15) is 0 Å². The molecule has 2 rings (SSSR count). The maximum atomic E-state index is 11.7. The third-order valence-electron chi connectivity index (χ3n) is 2.56. The van der Waals surface area contributed by atoms with Gasteiger partial charge in [-0.15, -0.1) is 0 Å². The molecule has 4 N–H and O–H groups in total. The number of amides is 1. The fourth-order valence-electron chi connectivity index (χ4n) is 1.54. The van der Waals surface area contributed by atoms with E-state index < -0.39 is 0 Å². The van der Waals surface area contributed by atoms with E-state index in [9.17, 15) is 9.90 Å². The number of anilines is 1. The molecule has 1 amide bonds. The predicted octanol–water partition coefficient (Wildman–Crippen LogP) is 2.46. The van der Waals surface area contributed by atoms with E-state index >= 15 is 0 Å². The summed E-state index contributed by atoms with van der Waals surface area (Å²) in [6.07, 6.45) is 2.81. The second-order valence-electron chi connectivity index (χ2n) is 4.12. The van der Waals surface area contributed by atoms with Crippen LogP contribution in [0.4, 0.5) is 5.69 Å². The van der Waals surface area contributed by atoms with E-state index in [4.69, 9.17) is 10.2 Å². The first kappa shape index (κ1) is 13.5. The largest absolute Gasteiger partial charge is 0.508 e. The highest BCUT2D eigenvalue weighted by Crippen LogP contribution is 2.25. The number of phenolic OH excluding ortho intramolecular Hbond substituents is 3. The van der Waals surface area contributed by atoms with Crippen molar-refractivity contribution in [1.82, 2.24) is 0 Å². The molecule has 0 bridgehead atoms. The van der Waals surface area contributed by atoms with Crippen LogP contribution in [0.15, 0.2) is 48.5 Å². The van der Waals surface area contributed by atoms with Gasteiger partial charge in [-0.05, 0) is 48.0 Å². The Morgan fingerprint density at radius 2 is 1.65 bits per heavy atom. The van der Waals surface area contributed by atoms with E-state index in [1.165, 1.54) is 36.4 Å². The standard InChI is InChI=1S/C15H13NO4/c17-12-5-3-11(4-6-12)16-15(20)8-2-10-1-7-13(18)14(19)9-10/h1-9,17-19H,(H,16,20)/b8-2+. The minimum atomic E-state index is -0.344. The molecule has 0 spiro atoms. The summed E-state index contributed by atoms with van der Waals surface area (Å²) in [6, 6.07) is 10.3. The highest BCUT2D eigenvalue weighted by Gasteiger charge is 2.00. The zero-order valence-electron chi connectivity index (χ0n) is 10.4. The summed E-state index contributed by atoms with van der Waals surface area (Å²) in [4.78, 5) is 11.7. The number of benzene rings is 2. The van der Waals surface area contributed by atoms with Gasteiger partial charge in [0.25, 0.3) is 0 Å². The third-order valence-corrected chi connectivity index (χ3v) is 2.56. The molecule has 102 valence electrons. The average Bonchev–Trinajstić information content (AvgIpc) is 2.43. The van der Waals surface area contributed by atoms with Crippen LogP contribution in [0.3, 0.4) is 0 Å². The number of aromatic hydroxyl groups is 3. The summed E-state index contributed by atoms with van der Waals surface area (Å²) in [5.41, 5.74) is 1.15. The molecule has 0 atom stereocenters. The quantitative estimate of drug-likeness (QED) is 0.392. The third kappa shape index (κ3) is 3.52. The van der Waals surface area contributed by atoms with Crippen LogP contribution in [0.25, 0.3) is 6.08 Å². The van der Waals surface area contributed by atoms with Crippen molar-refractivity contribution in [3.05, 3.63) is 54.1 Å². The van der Waals surface area contributed by atoms with E-state index in [2.05, 4.69) is 5.32 Å². The van der Waals surface area contributed by atoms with Crippen molar-refractivity contribution in [1.29, 1.82) is 0 Å². The average molecular weight is 271 g/mol. The van der Waals surface area contributed by atoms with Gasteiger partial charge in [0, 0.05) is 11.8 Å². The fraction of sp³-hybridized carbons (Fsp3) is 0. The lowest BCUT2D eigenvalue weighted by Gasteiger charge is -2.02. The number of hydrogen-bond donors (Lipinski definition) is 4. The molecule has 5 heteroatoms. The van der Waals surface area contributed by atoms with Crippen LogP contribution in [-0.2, 0) is 4.79 Å². The van der Waals surface area contributed by atoms with Crippen molar-refractivity contribution in [2.45, 2.75) is 0 Å². The maximum absolute atomic E-state index is 11.7. The molecule has 2 aromatic rings. The van der Waals surface area contributed by atoms with E-state index in [1.807, 2.05) is 0 Å². The Bertz CT molecular complexity index is 647. The molecule has 0 aliphatic heterocycles. The number of nitrogens with one attached hydrogen (secondary N) is 1. The van der Waals surface area contributed by atoms with E-state index in [1.54, 1.807) is 18.2 Å². The molecular formula is C15H13NO4. The number of carbonyl (C=O) groups excluding carboxylic acids is 1. The van der Waals surface area contributed by atoms with Gasteiger partial charge < -0.3 is 20.6 Å². The number of hydrogen-bond acceptors (Lipinski definition) is 4. The molecule has 0 saturated carbocycles. The molecular weight excluding hydrogens is 258 g/mol. The van der Waals surface area contributed by atoms with Crippen molar-refractivity contribution in [3.8, 4) is 17.2 Å². The number of carbonyl (C=O) groups is 1. The molecule has 0 heterocycles. The number of rotatable bonds is 3. The minimum Gasteiger partial charge on any atom is -0.508 e. The first-order valence-corrected chi connectivity index (χ1v) is 5.85. The zero-order chi connectivity index (χ0) is 14.5. The Hall–Kier alpha value is -2.95. The summed E-state index contributed by atoms with van der Waals surface area (Å²) in [5, 5.41) is 30.2. The van der Waals surface area contributed by atoms with E-state index in [-0.39, 0.29) is 23.2 Å². The zero-order valence-corrected chi connectivity index (χ0v) is 10.4. The fourth-order valence-corrected chi connectivity index (χ4v) is 1.54. The van der Waals surface area contributed by atoms with Crippen molar-refractivity contribution in [2.24, 2.45) is 0 Å². The van der Waals surface area contributed by atoms with E-state index in [0.717, 1.165) is 0 Å². The van der Waals surface area contributed by atoms with Gasteiger partial charge in [-0.3, -0.25) is 4.79 Å². The molecule has 0 radical (unpaired) electrons. The normalized spacial score (nSPS) is 10.6. The monoisotopic (exact) mass is 271 g/mol. The molecule has 0 aliphatic carbocycles. The van der Waals surface area contributed by atoms with Crippen LogP contribution in [0.1, 0.15) is 5.56 Å². The summed E-state index contributed by atoms with van der Waals surface area (Å²) < 4.78 is 0. The lowest BCUT2D eigenvalue weighted by atomic mass is 10.2. The van der Waals surface area contributed by atoms with Crippen LogP contribution in [0.5, 0.6) is 17.2 Å². The van der Waals surface area contributed by atoms with E-state index in [0.29, 0.717) is 11.3 Å². The lowest BCUT2D eigenvalue weighted by Crippen LogP contribution is -2.07. The SMILES string of the molecule is O=C(/C=C/c1ccc(O)c(O)c1)Nc1ccc(O)cc1. The molecule has 20 heavy (non-hydrogen) atoms. The van der Waals surface area contributed by atoms with Gasteiger partial charge in [0.2, 0.25) is 5.91 Å². The predicted molar refractivity (Wildman–Crippen MR) is 75.5 cm³/mol. The minimum absolute atomic E-state index is 0.123. The van der Waals surface area contributed by atoms with Crippen LogP contribution in [-0.4, -0.2) is 21.2 Å². The molecule has 0 aromatic heterocycles. The van der Waals surface area contributed by atoms with Gasteiger partial charge in [0.05, 0.1) is 0 Å². The summed E-state index contributed by atoms with van der Waals surface area (Å²) in [5.74, 6) is -0.678. The molecule has 0 saturated heterocycles. The van der Waals surface area contributed by atoms with Gasteiger partial charge >= 0.3 is 0 Å². The second-order valence-corrected chi connectivity index (χ2v) is 4.12. The molecule has 0 aliphatic rings. The molecule has 2 aromatic carbocycles. The summed E-state index contributed by atoms with van der Waals surface area (Å²) in [6.45, 7) is 0. The van der Waals surface area contributed by atoms with Crippen molar-refractivity contribution in [2.75, 3.05) is 5.32 Å². The molecule has 0 unspecified atom stereocenters. The Kier molecular flexibility index (Phi) is 3.91.